The number of aliphatic imine (C=N–C) groups is 1. The first-order chi connectivity index (χ1) is 47.0. The van der Waals surface area contributed by atoms with Crippen LogP contribution in [0.2, 0.25) is 0 Å². The lowest BCUT2D eigenvalue weighted by Gasteiger charge is -2.33. The Bertz CT molecular complexity index is 3510. The summed E-state index contributed by atoms with van der Waals surface area (Å²) in [6, 6.07) is -4.39. The number of H-pyrrole nitrogens is 2. The average Bonchev–Trinajstić information content (AvgIpc) is 1.76. The van der Waals surface area contributed by atoms with E-state index in [2.05, 4.69) is 67.8 Å². The fourth-order valence-electron chi connectivity index (χ4n) is 11.4. The number of guanidine groups is 1. The number of carboxylic acids is 1. The van der Waals surface area contributed by atoms with Gasteiger partial charge in [-0.1, -0.05) is 50.6 Å². The zero-order valence-electron chi connectivity index (χ0n) is 55.7. The Balaban J connectivity index is 1.19. The van der Waals surface area contributed by atoms with Crippen LogP contribution in [0, 0.1) is 5.92 Å². The first-order valence-electron chi connectivity index (χ1n) is 32.6. The van der Waals surface area contributed by atoms with Gasteiger partial charge in [0.05, 0.1) is 31.7 Å². The molecule has 4 aromatic rings. The van der Waals surface area contributed by atoms with E-state index in [1.165, 1.54) is 55.5 Å². The number of aromatic nitrogens is 3. The summed E-state index contributed by atoms with van der Waals surface area (Å²) >= 11 is 0. The number of carbonyl (C=O) groups is 12. The van der Waals surface area contributed by atoms with Crippen LogP contribution in [-0.2, 0) is 76.8 Å². The summed E-state index contributed by atoms with van der Waals surface area (Å²) in [5.41, 5.74) is 19.3. The molecule has 0 spiro atoms. The number of phenolic OH excluding ortho intramolecular Hbond substituents is 1. The van der Waals surface area contributed by atoms with Gasteiger partial charge < -0.3 is 110 Å². The first kappa shape index (κ1) is 77.7. The molecule has 99 heavy (non-hydrogen) atoms. The maximum absolute atomic E-state index is 15.1. The number of amides is 11. The third kappa shape index (κ3) is 21.9. The lowest BCUT2D eigenvalue weighted by molar-refractivity contribution is -0.145. The zero-order chi connectivity index (χ0) is 72.8. The molecule has 2 aromatic heterocycles. The van der Waals surface area contributed by atoms with Crippen molar-refractivity contribution >= 4 is 87.8 Å². The summed E-state index contributed by atoms with van der Waals surface area (Å²) in [5, 5.41) is 73.8. The molecule has 2 aliphatic rings. The summed E-state index contributed by atoms with van der Waals surface area (Å²) in [7, 11) is 0. The van der Waals surface area contributed by atoms with E-state index in [4.69, 9.17) is 17.2 Å². The van der Waals surface area contributed by atoms with Gasteiger partial charge in [-0.05, 0) is 94.5 Å². The second-order valence-electron chi connectivity index (χ2n) is 24.7. The molecule has 4 heterocycles. The highest BCUT2D eigenvalue weighted by Gasteiger charge is 2.43. The number of phenols is 1. The van der Waals surface area contributed by atoms with Gasteiger partial charge in [-0.15, -0.1) is 0 Å². The Morgan fingerprint density at radius 2 is 1.16 bits per heavy atom. The minimum absolute atomic E-state index is 0.0335. The molecule has 2 aliphatic heterocycles. The van der Waals surface area contributed by atoms with Crippen molar-refractivity contribution in [1.29, 1.82) is 0 Å². The van der Waals surface area contributed by atoms with Gasteiger partial charge in [-0.2, -0.15) is 0 Å². The number of para-hydroxylation sites is 1. The monoisotopic (exact) mass is 1380 g/mol. The number of carbonyl (C=O) groups excluding carboxylic acids is 11. The summed E-state index contributed by atoms with van der Waals surface area (Å²) in [6.07, 6.45) is 3.57. The Labute approximate surface area is 569 Å². The Morgan fingerprint density at radius 1 is 0.626 bits per heavy atom. The van der Waals surface area contributed by atoms with Crippen molar-refractivity contribution in [3.8, 4) is 5.75 Å². The van der Waals surface area contributed by atoms with Crippen molar-refractivity contribution in [2.75, 3.05) is 32.8 Å². The average molecular weight is 1390 g/mol. The number of aliphatic carboxylic acids is 1. The number of aliphatic hydroxyl groups excluding tert-OH is 3. The van der Waals surface area contributed by atoms with Crippen molar-refractivity contribution < 1.29 is 83.1 Å². The highest BCUT2D eigenvalue weighted by Crippen LogP contribution is 2.25. The van der Waals surface area contributed by atoms with Crippen LogP contribution in [0.1, 0.15) is 96.4 Å². The summed E-state index contributed by atoms with van der Waals surface area (Å²) < 4.78 is 0. The number of imidazole rings is 1. The van der Waals surface area contributed by atoms with E-state index in [0.717, 1.165) is 22.7 Å². The summed E-state index contributed by atoms with van der Waals surface area (Å²) in [6.45, 7) is 5.15. The van der Waals surface area contributed by atoms with E-state index in [1.807, 2.05) is 18.2 Å². The number of aromatic hydroxyl groups is 1. The number of aromatic amines is 2. The van der Waals surface area contributed by atoms with Crippen LogP contribution in [0.25, 0.3) is 10.9 Å². The maximum atomic E-state index is 15.1. The van der Waals surface area contributed by atoms with Crippen molar-refractivity contribution in [3.63, 3.8) is 0 Å². The van der Waals surface area contributed by atoms with Gasteiger partial charge in [-0.25, -0.2) is 9.78 Å². The number of hydrogen-bond donors (Lipinski definition) is 19. The highest BCUT2D eigenvalue weighted by atomic mass is 16.4. The van der Waals surface area contributed by atoms with Crippen LogP contribution in [0.3, 0.4) is 0 Å². The lowest BCUT2D eigenvalue weighted by atomic mass is 9.96. The summed E-state index contributed by atoms with van der Waals surface area (Å²) in [4.78, 5) is 183. The van der Waals surface area contributed by atoms with Crippen molar-refractivity contribution in [2.24, 2.45) is 28.1 Å². The molecule has 6 rings (SSSR count). The standard InChI is InChI=1S/C64H92N18O17/c1-6-32(2)50(79-57(92)44(25-37-27-70-41-13-8-7-12-40(37)41)76-56(91)45(74-52(87)33(3)65)26-38-28-68-31-71-38)62(97)82-23-11-16-49(82)60(95)73-42(14-9-21-69-64(66)67)54(89)75-43(24-36-17-19-39(86)20-18-36)55(90)77-46(29-83)58(93)78-47(30-84)61(96)81-22-10-15-48(81)59(94)72-34(4)53(88)80-51(35(5)85)63(98)99/h7-8,12-13,17-20,27-28,31-35,42-51,70,83-86H,6,9-11,14-16,21-26,29-30,65H2,1-5H3,(H,68,71)(H,72,94)(H,73,95)(H,74,87)(H,75,89)(H,76,91)(H,77,90)(H,78,93)(H,79,92)(H,80,88)(H,98,99)(H4,66,67,69)/t32-,33-,34-,35+,42-,43-,44-,45-,46-,47-,48-,49-,50-,51-/m0/s1. The van der Waals surface area contributed by atoms with E-state index in [1.54, 1.807) is 26.1 Å². The number of nitrogens with one attached hydrogen (secondary N) is 11. The SMILES string of the molecule is CC[C@H](C)[C@H](NC(=O)[C@H](Cc1c[nH]c2ccccc12)NC(=O)[C@H](Cc1cnc[nH]1)NC(=O)[C@H](C)N)C(=O)N1CCC[C@H]1C(=O)N[C@@H](CCCN=C(N)N)C(=O)N[C@@H](Cc1ccc(O)cc1)C(=O)N[C@@H](CO)C(=O)N[C@@H](CO)C(=O)N1CCC[C@H]1C(=O)N[C@@H](C)C(=O)N[C@H](C(=O)O)[C@@H](C)O. The van der Waals surface area contributed by atoms with E-state index in [9.17, 15) is 78.3 Å². The Kier molecular flexibility index (Phi) is 29.0. The third-order valence-electron chi connectivity index (χ3n) is 17.2. The predicted molar refractivity (Wildman–Crippen MR) is 355 cm³/mol. The van der Waals surface area contributed by atoms with Crippen molar-refractivity contribution in [1.82, 2.24) is 72.6 Å². The van der Waals surface area contributed by atoms with Gasteiger partial charge in [0.1, 0.15) is 66.2 Å². The largest absolute Gasteiger partial charge is 0.508 e. The fraction of sp³-hybridized carbons (Fsp3) is 0.531. The topological polar surface area (TPSA) is 556 Å². The predicted octanol–water partition coefficient (Wildman–Crippen LogP) is -5.11. The number of aliphatic hydroxyl groups is 3. The molecule has 0 unspecified atom stereocenters. The van der Waals surface area contributed by atoms with Gasteiger partial charge in [0.15, 0.2) is 12.0 Å². The minimum atomic E-state index is -1.87. The molecule has 2 saturated heterocycles. The molecule has 0 saturated carbocycles. The van der Waals surface area contributed by atoms with Gasteiger partial charge >= 0.3 is 5.97 Å². The van der Waals surface area contributed by atoms with Crippen molar-refractivity contribution in [2.45, 2.75) is 177 Å². The molecule has 2 aromatic carbocycles. The number of likely N-dealkylation sites (tertiary alicyclic amines) is 2. The van der Waals surface area contributed by atoms with Gasteiger partial charge in [-0.3, -0.25) is 57.7 Å². The number of hydrogen-bond acceptors (Lipinski definition) is 19. The molecule has 35 nitrogen and oxygen atoms in total. The summed E-state index contributed by atoms with van der Waals surface area (Å²) in [5.74, 6) is -12.2. The number of fused-ring (bicyclic) bond motifs is 1. The lowest BCUT2D eigenvalue weighted by Crippen LogP contribution is -2.62. The van der Waals surface area contributed by atoms with Gasteiger partial charge in [0.2, 0.25) is 65.0 Å². The molecule has 2 fully saturated rings. The van der Waals surface area contributed by atoms with E-state index < -0.39 is 169 Å². The van der Waals surface area contributed by atoms with Crippen LogP contribution in [0.15, 0.2) is 72.2 Å². The molecule has 0 aliphatic carbocycles. The van der Waals surface area contributed by atoms with Crippen molar-refractivity contribution in [3.05, 3.63) is 84.1 Å². The molecule has 540 valence electrons. The zero-order valence-corrected chi connectivity index (χ0v) is 55.7. The number of rotatable bonds is 36. The molecule has 0 bridgehead atoms. The molecule has 35 heteroatoms. The van der Waals surface area contributed by atoms with Crippen LogP contribution < -0.4 is 65.1 Å². The van der Waals surface area contributed by atoms with E-state index >= 15 is 4.79 Å². The Morgan fingerprint density at radius 3 is 1.74 bits per heavy atom. The number of carboxylic acid groups (broad SMARTS) is 1. The van der Waals surface area contributed by atoms with E-state index in [0.29, 0.717) is 29.7 Å². The van der Waals surface area contributed by atoms with Crippen LogP contribution in [0.5, 0.6) is 5.75 Å². The second-order valence-corrected chi connectivity index (χ2v) is 24.7. The van der Waals surface area contributed by atoms with E-state index in [-0.39, 0.29) is 82.7 Å². The minimum Gasteiger partial charge on any atom is -0.508 e. The smallest absolute Gasteiger partial charge is 0.328 e. The van der Waals surface area contributed by atoms with Gasteiger partial charge in [0, 0.05) is 67.9 Å². The number of nitrogens with two attached hydrogens (primary N) is 3. The fourth-order valence-corrected chi connectivity index (χ4v) is 11.4. The highest BCUT2D eigenvalue weighted by molar-refractivity contribution is 6.00. The van der Waals surface area contributed by atoms with Gasteiger partial charge in [0.25, 0.3) is 0 Å². The maximum Gasteiger partial charge on any atom is 0.328 e. The van der Waals surface area contributed by atoms with Crippen LogP contribution in [0.4, 0.5) is 0 Å². The number of benzene rings is 2. The molecule has 14 atom stereocenters. The molecule has 0 radical (unpaired) electrons. The molecule has 11 amide bonds. The third-order valence-corrected chi connectivity index (χ3v) is 17.2. The Hall–Kier alpha value is -10.3. The van der Waals surface area contributed by atoms with Crippen LogP contribution in [-0.4, -0.2) is 239 Å². The molecular formula is C64H92N18O17. The quantitative estimate of drug-likeness (QED) is 0.0115. The molecule has 22 N–H and O–H groups in total. The molecular weight excluding hydrogens is 1290 g/mol. The second kappa shape index (κ2) is 36.9. The normalized spacial score (nSPS) is 18.0. The van der Waals surface area contributed by atoms with Crippen LogP contribution >= 0.6 is 0 Å². The number of nitrogens with zero attached hydrogens (tertiary/aromatic N) is 4. The first-order valence-corrected chi connectivity index (χ1v) is 32.6.